The van der Waals surface area contributed by atoms with Crippen LogP contribution in [0.1, 0.15) is 36.2 Å². The zero-order valence-electron chi connectivity index (χ0n) is 12.1. The van der Waals surface area contributed by atoms with Gasteiger partial charge >= 0.3 is 0 Å². The zero-order chi connectivity index (χ0) is 14.5. The molecule has 1 heterocycles. The second kappa shape index (κ2) is 6.37. The Hall–Kier alpha value is -2.10. The van der Waals surface area contributed by atoms with E-state index in [1.807, 2.05) is 31.2 Å². The fourth-order valence-corrected chi connectivity index (χ4v) is 1.88. The van der Waals surface area contributed by atoms with Gasteiger partial charge in [0.2, 0.25) is 0 Å². The highest BCUT2D eigenvalue weighted by Crippen LogP contribution is 2.23. The summed E-state index contributed by atoms with van der Waals surface area (Å²) in [7, 11) is 0. The first-order valence-electron chi connectivity index (χ1n) is 6.88. The van der Waals surface area contributed by atoms with Gasteiger partial charge in [-0.1, -0.05) is 48.8 Å². The molecular formula is C16H20N2O2. The van der Waals surface area contributed by atoms with Crippen LogP contribution in [-0.2, 0) is 0 Å². The van der Waals surface area contributed by atoms with Crippen LogP contribution in [0.25, 0.3) is 11.3 Å². The predicted octanol–water partition coefficient (Wildman–Crippen LogP) is 3.43. The van der Waals surface area contributed by atoms with Gasteiger partial charge in [0, 0.05) is 12.1 Å². The van der Waals surface area contributed by atoms with E-state index in [1.54, 1.807) is 0 Å². The molecule has 0 saturated heterocycles. The standard InChI is InChI=1S/C16H20N2O2/c1-11(2)8-9-17-16(19)14-10-18-20-15(14)13-6-4-12(3)5-7-13/h4-7,10-11H,8-9H2,1-3H3,(H,17,19). The van der Waals surface area contributed by atoms with Crippen molar-refractivity contribution >= 4 is 5.91 Å². The van der Waals surface area contributed by atoms with E-state index in [2.05, 4.69) is 24.3 Å². The smallest absolute Gasteiger partial charge is 0.256 e. The summed E-state index contributed by atoms with van der Waals surface area (Å²) in [5.41, 5.74) is 2.51. The Labute approximate surface area is 119 Å². The molecule has 0 spiro atoms. The first-order valence-corrected chi connectivity index (χ1v) is 6.88. The number of carbonyl (C=O) groups excluding carboxylic acids is 1. The molecule has 0 radical (unpaired) electrons. The maximum atomic E-state index is 12.1. The maximum Gasteiger partial charge on any atom is 0.256 e. The van der Waals surface area contributed by atoms with Crippen LogP contribution in [-0.4, -0.2) is 17.6 Å². The predicted molar refractivity (Wildman–Crippen MR) is 78.5 cm³/mol. The minimum absolute atomic E-state index is 0.137. The Morgan fingerprint density at radius 1 is 1.30 bits per heavy atom. The van der Waals surface area contributed by atoms with Crippen LogP contribution in [0.15, 0.2) is 35.0 Å². The minimum atomic E-state index is -0.137. The van der Waals surface area contributed by atoms with Gasteiger partial charge < -0.3 is 9.84 Å². The van der Waals surface area contributed by atoms with Gasteiger partial charge in [-0.2, -0.15) is 0 Å². The van der Waals surface area contributed by atoms with Gasteiger partial charge in [-0.15, -0.1) is 0 Å². The lowest BCUT2D eigenvalue weighted by molar-refractivity contribution is 0.0952. The fourth-order valence-electron chi connectivity index (χ4n) is 1.88. The Kier molecular flexibility index (Phi) is 4.56. The van der Waals surface area contributed by atoms with Crippen molar-refractivity contribution in [2.24, 2.45) is 5.92 Å². The second-order valence-electron chi connectivity index (χ2n) is 5.37. The normalized spacial score (nSPS) is 10.8. The third-order valence-electron chi connectivity index (χ3n) is 3.14. The van der Waals surface area contributed by atoms with Gasteiger partial charge in [0.05, 0.1) is 6.20 Å². The molecular weight excluding hydrogens is 252 g/mol. The lowest BCUT2D eigenvalue weighted by Gasteiger charge is -2.06. The zero-order valence-corrected chi connectivity index (χ0v) is 12.1. The summed E-state index contributed by atoms with van der Waals surface area (Å²) in [4.78, 5) is 12.1. The molecule has 20 heavy (non-hydrogen) atoms. The van der Waals surface area contributed by atoms with E-state index >= 15 is 0 Å². The van der Waals surface area contributed by atoms with Crippen LogP contribution in [0.2, 0.25) is 0 Å². The van der Waals surface area contributed by atoms with Gasteiger partial charge in [-0.25, -0.2) is 0 Å². The number of benzene rings is 1. The lowest BCUT2D eigenvalue weighted by atomic mass is 10.1. The number of aromatic nitrogens is 1. The molecule has 0 aliphatic carbocycles. The molecule has 0 unspecified atom stereocenters. The van der Waals surface area contributed by atoms with E-state index in [-0.39, 0.29) is 5.91 Å². The van der Waals surface area contributed by atoms with Crippen LogP contribution < -0.4 is 5.32 Å². The molecule has 2 rings (SSSR count). The summed E-state index contributed by atoms with van der Waals surface area (Å²) in [6.07, 6.45) is 2.43. The highest BCUT2D eigenvalue weighted by atomic mass is 16.5. The molecule has 1 amide bonds. The molecule has 1 aromatic carbocycles. The van der Waals surface area contributed by atoms with Crippen molar-refractivity contribution in [3.8, 4) is 11.3 Å². The second-order valence-corrected chi connectivity index (χ2v) is 5.37. The van der Waals surface area contributed by atoms with Gasteiger partial charge in [0.25, 0.3) is 5.91 Å². The van der Waals surface area contributed by atoms with E-state index < -0.39 is 0 Å². The largest absolute Gasteiger partial charge is 0.355 e. The number of amides is 1. The SMILES string of the molecule is Cc1ccc(-c2oncc2C(=O)NCCC(C)C)cc1. The molecule has 4 nitrogen and oxygen atoms in total. The molecule has 4 heteroatoms. The Morgan fingerprint density at radius 3 is 2.65 bits per heavy atom. The number of aryl methyl sites for hydroxylation is 1. The van der Waals surface area contributed by atoms with E-state index in [9.17, 15) is 4.79 Å². The maximum absolute atomic E-state index is 12.1. The number of carbonyl (C=O) groups is 1. The molecule has 0 aliphatic rings. The van der Waals surface area contributed by atoms with Gasteiger partial charge in [0.1, 0.15) is 5.56 Å². The van der Waals surface area contributed by atoms with Crippen LogP contribution in [0.3, 0.4) is 0 Å². The monoisotopic (exact) mass is 272 g/mol. The van der Waals surface area contributed by atoms with Crippen LogP contribution in [0, 0.1) is 12.8 Å². The van der Waals surface area contributed by atoms with Gasteiger partial charge in [0.15, 0.2) is 5.76 Å². The number of rotatable bonds is 5. The molecule has 0 saturated carbocycles. The van der Waals surface area contributed by atoms with Crippen molar-refractivity contribution in [1.82, 2.24) is 10.5 Å². The average Bonchev–Trinajstić information content (AvgIpc) is 2.88. The van der Waals surface area contributed by atoms with Gasteiger partial charge in [-0.3, -0.25) is 4.79 Å². The summed E-state index contributed by atoms with van der Waals surface area (Å²) in [5, 5.41) is 6.65. The van der Waals surface area contributed by atoms with E-state index in [0.29, 0.717) is 23.8 Å². The Balaban J connectivity index is 2.12. The Bertz CT molecular complexity index is 570. The lowest BCUT2D eigenvalue weighted by Crippen LogP contribution is -2.25. The van der Waals surface area contributed by atoms with Crippen molar-refractivity contribution in [2.45, 2.75) is 27.2 Å². The van der Waals surface area contributed by atoms with Crippen molar-refractivity contribution in [3.05, 3.63) is 41.6 Å². The van der Waals surface area contributed by atoms with E-state index in [0.717, 1.165) is 17.5 Å². The minimum Gasteiger partial charge on any atom is -0.355 e. The van der Waals surface area contributed by atoms with Crippen LogP contribution >= 0.6 is 0 Å². The van der Waals surface area contributed by atoms with Crippen LogP contribution in [0.4, 0.5) is 0 Å². The number of hydrogen-bond donors (Lipinski definition) is 1. The molecule has 2 aromatic rings. The van der Waals surface area contributed by atoms with Gasteiger partial charge in [-0.05, 0) is 19.3 Å². The van der Waals surface area contributed by atoms with Crippen LogP contribution in [0.5, 0.6) is 0 Å². The first-order chi connectivity index (χ1) is 9.58. The van der Waals surface area contributed by atoms with E-state index in [1.165, 1.54) is 6.20 Å². The number of nitrogens with zero attached hydrogens (tertiary/aromatic N) is 1. The first kappa shape index (κ1) is 14.3. The highest BCUT2D eigenvalue weighted by Gasteiger charge is 2.17. The van der Waals surface area contributed by atoms with Crippen molar-refractivity contribution in [1.29, 1.82) is 0 Å². The summed E-state index contributed by atoms with van der Waals surface area (Å²) >= 11 is 0. The topological polar surface area (TPSA) is 55.1 Å². The third-order valence-corrected chi connectivity index (χ3v) is 3.14. The fraction of sp³-hybridized carbons (Fsp3) is 0.375. The number of hydrogen-bond acceptors (Lipinski definition) is 3. The number of nitrogens with one attached hydrogen (secondary N) is 1. The molecule has 106 valence electrons. The molecule has 0 atom stereocenters. The summed E-state index contributed by atoms with van der Waals surface area (Å²) < 4.78 is 5.23. The summed E-state index contributed by atoms with van der Waals surface area (Å²) in [5.74, 6) is 0.948. The molecule has 0 bridgehead atoms. The summed E-state index contributed by atoms with van der Waals surface area (Å²) in [6, 6.07) is 7.83. The molecule has 0 aliphatic heterocycles. The Morgan fingerprint density at radius 2 is 2.00 bits per heavy atom. The average molecular weight is 272 g/mol. The van der Waals surface area contributed by atoms with Crippen molar-refractivity contribution < 1.29 is 9.32 Å². The molecule has 1 aromatic heterocycles. The van der Waals surface area contributed by atoms with Crippen molar-refractivity contribution in [3.63, 3.8) is 0 Å². The van der Waals surface area contributed by atoms with E-state index in [4.69, 9.17) is 4.52 Å². The van der Waals surface area contributed by atoms with Crippen molar-refractivity contribution in [2.75, 3.05) is 6.54 Å². The molecule has 0 fully saturated rings. The quantitative estimate of drug-likeness (QED) is 0.907. The summed E-state index contributed by atoms with van der Waals surface area (Å²) in [6.45, 7) is 6.94. The highest BCUT2D eigenvalue weighted by molar-refractivity contribution is 5.99. The third kappa shape index (κ3) is 3.47. The molecule has 1 N–H and O–H groups in total.